The van der Waals surface area contributed by atoms with Gasteiger partial charge in [0, 0.05) is 29.7 Å². The third kappa shape index (κ3) is 6.74. The molecule has 0 aliphatic heterocycles. The van der Waals surface area contributed by atoms with E-state index >= 15 is 0 Å². The smallest absolute Gasteiger partial charge is 0.389 e. The Bertz CT molecular complexity index is 1590. The summed E-state index contributed by atoms with van der Waals surface area (Å²) in [5, 5.41) is 37.5. The number of nitrogens with zero attached hydrogens (tertiary/aromatic N) is 4. The highest BCUT2D eigenvalue weighted by Crippen LogP contribution is 2.41. The van der Waals surface area contributed by atoms with Gasteiger partial charge in [-0.05, 0) is 36.4 Å². The molecule has 0 aliphatic rings. The van der Waals surface area contributed by atoms with Crippen LogP contribution >= 0.6 is 0 Å². The number of sulfonamides is 1. The number of pyridine rings is 2. The Morgan fingerprint density at radius 3 is 2.17 bits per heavy atom. The van der Waals surface area contributed by atoms with E-state index in [2.05, 4.69) is 24.7 Å². The van der Waals surface area contributed by atoms with Gasteiger partial charge >= 0.3 is 6.10 Å². The number of rotatable bonds is 10. The second-order valence-corrected chi connectivity index (χ2v) is 9.63. The van der Waals surface area contributed by atoms with Gasteiger partial charge in [0.05, 0.1) is 7.11 Å². The quantitative estimate of drug-likeness (QED) is 0.118. The van der Waals surface area contributed by atoms with Gasteiger partial charge in [-0.3, -0.25) is 15.4 Å². The molecule has 3 heterocycles. The first-order valence-corrected chi connectivity index (χ1v) is 12.5. The van der Waals surface area contributed by atoms with Gasteiger partial charge in [0.1, 0.15) is 0 Å². The zero-order valence-corrected chi connectivity index (χ0v) is 21.3. The summed E-state index contributed by atoms with van der Waals surface area (Å²) in [6, 6.07) is 10.9. The molecule has 3 aromatic heterocycles. The second kappa shape index (κ2) is 10.9. The van der Waals surface area contributed by atoms with Crippen molar-refractivity contribution in [3.05, 3.63) is 72.7 Å². The molecule has 0 saturated heterocycles. The Kier molecular flexibility index (Phi) is 7.80. The van der Waals surface area contributed by atoms with E-state index in [1.807, 2.05) is 0 Å². The monoisotopic (exact) mass is 573 g/mol. The maximum Gasteiger partial charge on any atom is 0.389 e. The van der Waals surface area contributed by atoms with Gasteiger partial charge in [0.2, 0.25) is 11.7 Å². The molecule has 0 saturated carbocycles. The highest BCUT2D eigenvalue weighted by atomic mass is 32.2. The van der Waals surface area contributed by atoms with Gasteiger partial charge in [-0.2, -0.15) is 13.4 Å². The molecule has 0 aliphatic carbocycles. The Morgan fingerprint density at radius 1 is 0.925 bits per heavy atom. The van der Waals surface area contributed by atoms with Crippen LogP contribution in [-0.4, -0.2) is 62.0 Å². The minimum absolute atomic E-state index is 0.0253. The van der Waals surface area contributed by atoms with Crippen molar-refractivity contribution in [2.75, 3.05) is 11.8 Å². The molecule has 0 amide bonds. The maximum atomic E-state index is 13.3. The molecule has 9 N–H and O–H groups in total. The number of nitrogens with two attached hydrogens (primary N) is 2. The van der Waals surface area contributed by atoms with Crippen molar-refractivity contribution < 1.29 is 43.1 Å². The number of ether oxygens (including phenoxy) is 3. The van der Waals surface area contributed by atoms with Crippen LogP contribution in [0.2, 0.25) is 0 Å². The summed E-state index contributed by atoms with van der Waals surface area (Å²) in [6.45, 7) is 0. The number of para-hydroxylation sites is 2. The van der Waals surface area contributed by atoms with Crippen molar-refractivity contribution in [1.82, 2.24) is 19.9 Å². The molecule has 4 aromatic rings. The minimum Gasteiger partial charge on any atom is -0.478 e. The molecule has 0 unspecified atom stereocenters. The fraction of sp³-hybridized carbons (Fsp3) is 0.130. The number of aromatic nitrogens is 4. The van der Waals surface area contributed by atoms with Crippen molar-refractivity contribution in [3.8, 4) is 34.5 Å². The highest BCUT2D eigenvalue weighted by Gasteiger charge is 2.28. The number of hydrogen-bond donors (Lipinski definition) is 7. The van der Waals surface area contributed by atoms with E-state index in [-0.39, 0.29) is 34.5 Å². The van der Waals surface area contributed by atoms with Crippen molar-refractivity contribution >= 4 is 15.8 Å². The average molecular weight is 574 g/mol. The lowest BCUT2D eigenvalue weighted by Gasteiger charge is -2.20. The fourth-order valence-corrected chi connectivity index (χ4v) is 4.12. The van der Waals surface area contributed by atoms with Crippen LogP contribution in [0.4, 0.5) is 5.82 Å². The van der Waals surface area contributed by atoms with E-state index in [1.54, 1.807) is 12.1 Å². The Balaban J connectivity index is 1.83. The van der Waals surface area contributed by atoms with Gasteiger partial charge in [0.25, 0.3) is 15.9 Å². The van der Waals surface area contributed by atoms with Crippen LogP contribution in [0.15, 0.2) is 72.1 Å². The molecule has 1 aromatic carbocycles. The number of benzene rings is 1. The highest BCUT2D eigenvalue weighted by molar-refractivity contribution is 7.92. The zero-order chi connectivity index (χ0) is 29.1. The zero-order valence-electron chi connectivity index (χ0n) is 20.5. The van der Waals surface area contributed by atoms with Gasteiger partial charge in [-0.1, -0.05) is 12.1 Å². The normalized spacial score (nSPS) is 12.1. The lowest BCUT2D eigenvalue weighted by molar-refractivity contribution is -0.287. The predicted molar refractivity (Wildman–Crippen MR) is 136 cm³/mol. The number of aliphatic hydroxyl groups is 4. The summed E-state index contributed by atoms with van der Waals surface area (Å²) in [7, 11) is -3.24. The van der Waals surface area contributed by atoms with E-state index in [1.165, 1.54) is 43.8 Å². The molecular formula is C23H23N7O9S. The molecule has 0 atom stereocenters. The largest absolute Gasteiger partial charge is 0.478 e. The van der Waals surface area contributed by atoms with Crippen LogP contribution < -0.4 is 30.4 Å². The first-order valence-electron chi connectivity index (χ1n) is 11.1. The van der Waals surface area contributed by atoms with Crippen LogP contribution in [0, 0.1) is 0 Å². The van der Waals surface area contributed by atoms with E-state index < -0.39 is 32.9 Å². The second-order valence-electron chi connectivity index (χ2n) is 8.00. The lowest BCUT2D eigenvalue weighted by atomic mass is 10.2. The summed E-state index contributed by atoms with van der Waals surface area (Å²) in [4.78, 5) is 16.3. The fourth-order valence-electron chi connectivity index (χ4n) is 3.19. The third-order valence-electron chi connectivity index (χ3n) is 4.96. The molecule has 17 heteroatoms. The molecule has 210 valence electrons. The summed E-state index contributed by atoms with van der Waals surface area (Å²) in [5.41, 5.74) is 10.5. The predicted octanol–water partition coefficient (Wildman–Crippen LogP) is -0.478. The first kappa shape index (κ1) is 28.5. The van der Waals surface area contributed by atoms with E-state index in [4.69, 9.17) is 25.7 Å². The standard InChI is InChI=1S/C23H23N7O9S/c1-37-21-18(38-15-4-2-3-5-16(15)39-23(25,33)34)20(28-19(29-21)13-8-10-26-11-9-13)30-40(35,36)17-7-6-14(12-27-17)22(24,31)32/h2-12,31-34H,24-25H2,1H3,(H,28,29,30). The molecule has 0 bridgehead atoms. The molecule has 0 spiro atoms. The number of anilines is 1. The van der Waals surface area contributed by atoms with Crippen LogP contribution in [0.1, 0.15) is 5.56 Å². The maximum absolute atomic E-state index is 13.3. The summed E-state index contributed by atoms with van der Waals surface area (Å²) >= 11 is 0. The third-order valence-corrected chi connectivity index (χ3v) is 6.21. The Labute approximate surface area is 226 Å². The Morgan fingerprint density at radius 2 is 1.60 bits per heavy atom. The number of hydrogen-bond acceptors (Lipinski definition) is 15. The van der Waals surface area contributed by atoms with Gasteiger partial charge < -0.3 is 34.6 Å². The van der Waals surface area contributed by atoms with Crippen LogP contribution in [0.5, 0.6) is 23.1 Å². The summed E-state index contributed by atoms with van der Waals surface area (Å²) in [6.07, 6.45) is 0.755. The summed E-state index contributed by atoms with van der Waals surface area (Å²) < 4.78 is 44.9. The van der Waals surface area contributed by atoms with E-state index in [0.29, 0.717) is 5.56 Å². The SMILES string of the molecule is COc1nc(-c2ccncc2)nc(NS(=O)(=O)c2ccc(C(N)(O)O)cn2)c1Oc1ccccc1OC(N)(O)O. The lowest BCUT2D eigenvalue weighted by Crippen LogP contribution is -2.45. The van der Waals surface area contributed by atoms with Crippen molar-refractivity contribution in [1.29, 1.82) is 0 Å². The molecule has 0 fully saturated rings. The molecular weight excluding hydrogens is 550 g/mol. The van der Waals surface area contributed by atoms with E-state index in [0.717, 1.165) is 18.3 Å². The summed E-state index contributed by atoms with van der Waals surface area (Å²) in [5.74, 6) is -4.07. The van der Waals surface area contributed by atoms with Crippen LogP contribution in [0.3, 0.4) is 0 Å². The van der Waals surface area contributed by atoms with E-state index in [9.17, 15) is 28.8 Å². The van der Waals surface area contributed by atoms with Gasteiger partial charge in [0.15, 0.2) is 28.2 Å². The van der Waals surface area contributed by atoms with Crippen molar-refractivity contribution in [2.24, 2.45) is 11.5 Å². The molecule has 16 nitrogen and oxygen atoms in total. The average Bonchev–Trinajstić information content (AvgIpc) is 2.89. The minimum atomic E-state index is -4.49. The van der Waals surface area contributed by atoms with Crippen LogP contribution in [-0.2, 0) is 15.9 Å². The van der Waals surface area contributed by atoms with Gasteiger partial charge in [-0.15, -0.1) is 0 Å². The first-order chi connectivity index (χ1) is 18.8. The van der Waals surface area contributed by atoms with Crippen molar-refractivity contribution in [3.63, 3.8) is 0 Å². The van der Waals surface area contributed by atoms with Gasteiger partial charge in [-0.25, -0.2) is 15.7 Å². The molecule has 4 rings (SSSR count). The van der Waals surface area contributed by atoms with Crippen molar-refractivity contribution in [2.45, 2.75) is 17.0 Å². The molecule has 0 radical (unpaired) electrons. The molecule has 40 heavy (non-hydrogen) atoms. The van der Waals surface area contributed by atoms with Crippen LogP contribution in [0.25, 0.3) is 11.4 Å². The Hall–Kier alpha value is -4.49. The topological polar surface area (TPSA) is 258 Å². The number of nitrogens with one attached hydrogen (secondary N) is 1. The number of methoxy groups -OCH3 is 1.